The van der Waals surface area contributed by atoms with Gasteiger partial charge in [-0.2, -0.15) is 23.7 Å². The molecule has 0 aromatic rings. The van der Waals surface area contributed by atoms with Crippen LogP contribution in [-0.2, 0) is 0 Å². The van der Waals surface area contributed by atoms with Crippen molar-refractivity contribution in [3.63, 3.8) is 0 Å². The number of halogens is 3. The Kier molecular flexibility index (Phi) is 5.26. The van der Waals surface area contributed by atoms with Gasteiger partial charge in [-0.3, -0.25) is 0 Å². The fourth-order valence-electron chi connectivity index (χ4n) is 2.68. The van der Waals surface area contributed by atoms with Crippen molar-refractivity contribution in [2.45, 2.75) is 56.7 Å². The third-order valence-electron chi connectivity index (χ3n) is 4.10. The summed E-state index contributed by atoms with van der Waals surface area (Å²) in [5.41, 5.74) is -2.78. The minimum atomic E-state index is -4.38. The van der Waals surface area contributed by atoms with E-state index in [0.29, 0.717) is 25.7 Å². The first-order valence-corrected chi connectivity index (χ1v) is 6.77. The van der Waals surface area contributed by atoms with Crippen LogP contribution in [0, 0.1) is 46.3 Å². The maximum atomic E-state index is 12.3. The van der Waals surface area contributed by atoms with Crippen LogP contribution in [0.15, 0.2) is 0 Å². The van der Waals surface area contributed by atoms with E-state index in [4.69, 9.17) is 16.9 Å². The van der Waals surface area contributed by atoms with Gasteiger partial charge in [0.25, 0.3) is 0 Å². The highest BCUT2D eigenvalue weighted by Gasteiger charge is 2.40. The molecule has 1 N–H and O–H groups in total. The van der Waals surface area contributed by atoms with E-state index in [9.17, 15) is 18.3 Å². The Morgan fingerprint density at radius 1 is 1.14 bits per heavy atom. The number of alkyl halides is 3. The lowest BCUT2D eigenvalue weighted by Crippen LogP contribution is -2.34. The van der Waals surface area contributed by atoms with Crippen molar-refractivity contribution in [1.82, 2.24) is 0 Å². The number of terminal acetylenes is 1. The molecular weight excluding hydrogens is 281 g/mol. The van der Waals surface area contributed by atoms with E-state index in [1.54, 1.807) is 12.1 Å². The first-order valence-electron chi connectivity index (χ1n) is 6.77. The molecule has 1 saturated carbocycles. The van der Waals surface area contributed by atoms with Gasteiger partial charge in [-0.05, 0) is 44.4 Å². The SMILES string of the molecule is C#CC1(O)CCC(CC(C#N)(C#N)CCC(F)(F)F)CC1. The fraction of sp³-hybridized carbons (Fsp3) is 0.733. The van der Waals surface area contributed by atoms with Crippen LogP contribution in [0.4, 0.5) is 13.2 Å². The first kappa shape index (κ1) is 17.3. The monoisotopic (exact) mass is 298 g/mol. The molecule has 21 heavy (non-hydrogen) atoms. The van der Waals surface area contributed by atoms with Crippen LogP contribution in [0.1, 0.15) is 44.9 Å². The molecule has 0 aliphatic heterocycles. The van der Waals surface area contributed by atoms with Gasteiger partial charge in [-0.25, -0.2) is 0 Å². The lowest BCUT2D eigenvalue weighted by Gasteiger charge is -2.34. The van der Waals surface area contributed by atoms with Crippen LogP contribution in [0.5, 0.6) is 0 Å². The van der Waals surface area contributed by atoms with E-state index in [-0.39, 0.29) is 12.3 Å². The molecule has 0 unspecified atom stereocenters. The third kappa shape index (κ3) is 4.96. The number of hydrogen-bond donors (Lipinski definition) is 1. The summed E-state index contributed by atoms with van der Waals surface area (Å²) < 4.78 is 36.9. The molecule has 0 amide bonds. The van der Waals surface area contributed by atoms with Crippen LogP contribution in [0.25, 0.3) is 0 Å². The lowest BCUT2D eigenvalue weighted by atomic mass is 9.70. The van der Waals surface area contributed by atoms with E-state index in [1.807, 2.05) is 0 Å². The quantitative estimate of drug-likeness (QED) is 0.810. The number of hydrogen-bond acceptors (Lipinski definition) is 3. The first-order chi connectivity index (χ1) is 9.67. The van der Waals surface area contributed by atoms with Gasteiger partial charge in [0.05, 0.1) is 12.1 Å². The van der Waals surface area contributed by atoms with Gasteiger partial charge < -0.3 is 5.11 Å². The lowest BCUT2D eigenvalue weighted by molar-refractivity contribution is -0.138. The molecule has 0 aromatic carbocycles. The minimum Gasteiger partial charge on any atom is -0.378 e. The largest absolute Gasteiger partial charge is 0.389 e. The van der Waals surface area contributed by atoms with Crippen LogP contribution >= 0.6 is 0 Å². The molecule has 6 heteroatoms. The van der Waals surface area contributed by atoms with E-state index in [0.717, 1.165) is 0 Å². The standard InChI is InChI=1S/C15H17F3N2O/c1-2-14(21)5-3-12(4-6-14)9-13(10-19,11-20)7-8-15(16,17)18/h1,12,21H,3-9H2. The fourth-order valence-corrected chi connectivity index (χ4v) is 2.68. The van der Waals surface area contributed by atoms with E-state index in [1.165, 1.54) is 0 Å². The Morgan fingerprint density at radius 3 is 2.05 bits per heavy atom. The zero-order valence-electron chi connectivity index (χ0n) is 11.6. The summed E-state index contributed by atoms with van der Waals surface area (Å²) in [5.74, 6) is 2.25. The number of nitrogens with zero attached hydrogens (tertiary/aromatic N) is 2. The van der Waals surface area contributed by atoms with Gasteiger partial charge in [0.15, 0.2) is 0 Å². The van der Waals surface area contributed by atoms with Gasteiger partial charge in [0.2, 0.25) is 0 Å². The molecule has 0 saturated heterocycles. The van der Waals surface area contributed by atoms with Crippen molar-refractivity contribution in [2.24, 2.45) is 11.3 Å². The molecule has 0 heterocycles. The number of aliphatic hydroxyl groups is 1. The topological polar surface area (TPSA) is 67.8 Å². The molecule has 3 nitrogen and oxygen atoms in total. The van der Waals surface area contributed by atoms with E-state index < -0.39 is 30.0 Å². The summed E-state index contributed by atoms with van der Waals surface area (Å²) in [7, 11) is 0. The third-order valence-corrected chi connectivity index (χ3v) is 4.10. The molecule has 114 valence electrons. The molecule has 1 fully saturated rings. The Hall–Kier alpha value is -1.71. The number of rotatable bonds is 4. The Morgan fingerprint density at radius 2 is 1.67 bits per heavy atom. The van der Waals surface area contributed by atoms with Gasteiger partial charge >= 0.3 is 6.18 Å². The molecule has 0 radical (unpaired) electrons. The minimum absolute atomic E-state index is 0.0637. The van der Waals surface area contributed by atoms with Gasteiger partial charge in [0.1, 0.15) is 11.0 Å². The van der Waals surface area contributed by atoms with Gasteiger partial charge in [-0.1, -0.05) is 5.92 Å². The highest BCUT2D eigenvalue weighted by atomic mass is 19.4. The van der Waals surface area contributed by atoms with Crippen LogP contribution in [-0.4, -0.2) is 16.9 Å². The van der Waals surface area contributed by atoms with Crippen molar-refractivity contribution >= 4 is 0 Å². The van der Waals surface area contributed by atoms with Crippen molar-refractivity contribution in [3.05, 3.63) is 0 Å². The molecule has 0 atom stereocenters. The van der Waals surface area contributed by atoms with Crippen LogP contribution < -0.4 is 0 Å². The van der Waals surface area contributed by atoms with Crippen molar-refractivity contribution in [2.75, 3.05) is 0 Å². The zero-order chi connectivity index (χ0) is 16.1. The molecule has 0 bridgehead atoms. The summed E-state index contributed by atoms with van der Waals surface area (Å²) in [5, 5.41) is 28.2. The smallest absolute Gasteiger partial charge is 0.378 e. The van der Waals surface area contributed by atoms with E-state index >= 15 is 0 Å². The Bertz CT molecular complexity index is 471. The second kappa shape index (κ2) is 6.37. The summed E-state index contributed by atoms with van der Waals surface area (Å²) in [4.78, 5) is 0. The zero-order valence-corrected chi connectivity index (χ0v) is 11.6. The maximum absolute atomic E-state index is 12.3. The molecule has 1 aliphatic carbocycles. The predicted octanol–water partition coefficient (Wildman–Crippen LogP) is 3.31. The Labute approximate surface area is 122 Å². The average molecular weight is 298 g/mol. The van der Waals surface area contributed by atoms with Crippen molar-refractivity contribution < 1.29 is 18.3 Å². The summed E-state index contributed by atoms with van der Waals surface area (Å²) in [6.45, 7) is 0. The van der Waals surface area contributed by atoms with E-state index in [2.05, 4.69) is 5.92 Å². The van der Waals surface area contributed by atoms with Crippen LogP contribution in [0.2, 0.25) is 0 Å². The highest BCUT2D eigenvalue weighted by Crippen LogP contribution is 2.41. The molecule has 1 rings (SSSR count). The maximum Gasteiger partial charge on any atom is 0.389 e. The van der Waals surface area contributed by atoms with Gasteiger partial charge in [-0.15, -0.1) is 6.42 Å². The second-order valence-corrected chi connectivity index (χ2v) is 5.74. The number of nitriles is 2. The molecule has 0 aromatic heterocycles. The molecule has 1 aliphatic rings. The predicted molar refractivity (Wildman–Crippen MR) is 69.3 cm³/mol. The molecular formula is C15H17F3N2O. The van der Waals surface area contributed by atoms with Crippen LogP contribution in [0.3, 0.4) is 0 Å². The highest BCUT2D eigenvalue weighted by molar-refractivity contribution is 5.15. The molecule has 0 spiro atoms. The van der Waals surface area contributed by atoms with Gasteiger partial charge in [0, 0.05) is 6.42 Å². The summed E-state index contributed by atoms with van der Waals surface area (Å²) in [6.07, 6.45) is 1.00. The second-order valence-electron chi connectivity index (χ2n) is 5.74. The average Bonchev–Trinajstić information content (AvgIpc) is 2.45. The normalized spacial score (nSPS) is 26.4. The summed E-state index contributed by atoms with van der Waals surface area (Å²) in [6, 6.07) is 3.51. The summed E-state index contributed by atoms with van der Waals surface area (Å²) >= 11 is 0. The van der Waals surface area contributed by atoms with Crippen molar-refractivity contribution in [1.29, 1.82) is 10.5 Å². The van der Waals surface area contributed by atoms with Crippen molar-refractivity contribution in [3.8, 4) is 24.5 Å². The Balaban J connectivity index is 2.67.